The minimum atomic E-state index is -0.623. The molecule has 0 saturated carbocycles. The van der Waals surface area contributed by atoms with Crippen molar-refractivity contribution in [1.82, 2.24) is 4.90 Å². The fourth-order valence-electron chi connectivity index (χ4n) is 1.93. The quantitative estimate of drug-likeness (QED) is 0.734. The van der Waals surface area contributed by atoms with Gasteiger partial charge in [-0.25, -0.2) is 0 Å². The number of hydrogen-bond acceptors (Lipinski definition) is 4. The molecule has 0 aromatic heterocycles. The van der Waals surface area contributed by atoms with Gasteiger partial charge < -0.3 is 15.4 Å². The van der Waals surface area contributed by atoms with Crippen LogP contribution in [0.15, 0.2) is 0 Å². The molecule has 6 nitrogen and oxygen atoms in total. The number of carbonyl (C=O) groups is 3. The molecule has 2 atom stereocenters. The van der Waals surface area contributed by atoms with Gasteiger partial charge in [-0.3, -0.25) is 14.4 Å². The summed E-state index contributed by atoms with van der Waals surface area (Å²) >= 11 is 0. The predicted octanol–water partition coefficient (Wildman–Crippen LogP) is 0.298. The van der Waals surface area contributed by atoms with E-state index in [4.69, 9.17) is 5.73 Å². The lowest BCUT2D eigenvalue weighted by Gasteiger charge is -2.24. The van der Waals surface area contributed by atoms with Crippen molar-refractivity contribution in [2.24, 2.45) is 11.7 Å². The van der Waals surface area contributed by atoms with Crippen LogP contribution in [0.3, 0.4) is 0 Å². The van der Waals surface area contributed by atoms with Gasteiger partial charge >= 0.3 is 5.97 Å². The first-order chi connectivity index (χ1) is 8.51. The Morgan fingerprint density at radius 1 is 1.50 bits per heavy atom. The van der Waals surface area contributed by atoms with Gasteiger partial charge in [0.1, 0.15) is 6.04 Å². The van der Waals surface area contributed by atoms with Gasteiger partial charge in [0.25, 0.3) is 0 Å². The number of esters is 1. The van der Waals surface area contributed by atoms with Gasteiger partial charge in [-0.2, -0.15) is 0 Å². The lowest BCUT2D eigenvalue weighted by Crippen LogP contribution is -2.45. The van der Waals surface area contributed by atoms with Crippen molar-refractivity contribution in [3.05, 3.63) is 0 Å². The van der Waals surface area contributed by atoms with Crippen LogP contribution < -0.4 is 5.73 Å². The monoisotopic (exact) mass is 258 g/mol. The Morgan fingerprint density at radius 3 is 2.44 bits per heavy atom. The van der Waals surface area contributed by atoms with Crippen LogP contribution in [0.25, 0.3) is 0 Å². The van der Waals surface area contributed by atoms with E-state index in [1.807, 2.05) is 13.8 Å². The van der Waals surface area contributed by atoms with Crippen LogP contribution in [0.1, 0.15) is 33.6 Å². The zero-order chi connectivity index (χ0) is 14.3. The number of amides is 2. The zero-order valence-electron chi connectivity index (χ0n) is 11.4. The number of nitrogens with two attached hydrogens (primary N) is 1. The van der Waals surface area contributed by atoms with E-state index in [1.165, 1.54) is 12.0 Å². The van der Waals surface area contributed by atoms with Gasteiger partial charge in [0, 0.05) is 13.0 Å². The molecule has 2 N–H and O–H groups in total. The number of carbonyl (C=O) groups excluding carboxylic acids is 3. The smallest absolute Gasteiger partial charge is 0.310 e. The number of primary amides is 1. The lowest BCUT2D eigenvalue weighted by atomic mass is 10.1. The maximum Gasteiger partial charge on any atom is 0.310 e. The highest BCUT2D eigenvalue weighted by atomic mass is 16.5. The van der Waals surface area contributed by atoms with Gasteiger partial charge in [0.15, 0.2) is 0 Å². The maximum absolute atomic E-state index is 11.6. The van der Waals surface area contributed by atoms with Crippen molar-refractivity contribution in [2.45, 2.75) is 39.7 Å². The summed E-state index contributed by atoms with van der Waals surface area (Å²) in [7, 11) is 1.28. The second-order valence-electron chi connectivity index (χ2n) is 3.80. The highest BCUT2D eigenvalue weighted by Gasteiger charge is 2.39. The SMILES string of the molecule is CC.CCC(C(N)=O)N1CC(C(=O)OC)CC1=O. The number of likely N-dealkylation sites (tertiary alicyclic amines) is 1. The molecule has 18 heavy (non-hydrogen) atoms. The van der Waals surface area contributed by atoms with Crippen LogP contribution in [-0.4, -0.2) is 42.4 Å². The van der Waals surface area contributed by atoms with E-state index in [0.717, 1.165) is 0 Å². The van der Waals surface area contributed by atoms with Crippen molar-refractivity contribution < 1.29 is 19.1 Å². The van der Waals surface area contributed by atoms with E-state index in [1.54, 1.807) is 6.92 Å². The normalized spacial score (nSPS) is 19.9. The molecule has 1 fully saturated rings. The van der Waals surface area contributed by atoms with Crippen molar-refractivity contribution >= 4 is 17.8 Å². The molecule has 1 rings (SSSR count). The summed E-state index contributed by atoms with van der Waals surface area (Å²) in [5.74, 6) is -1.66. The summed E-state index contributed by atoms with van der Waals surface area (Å²) in [4.78, 5) is 35.4. The molecule has 2 amide bonds. The van der Waals surface area contributed by atoms with Crippen LogP contribution >= 0.6 is 0 Å². The summed E-state index contributed by atoms with van der Waals surface area (Å²) in [6.07, 6.45) is 0.547. The Morgan fingerprint density at radius 2 is 2.06 bits per heavy atom. The van der Waals surface area contributed by atoms with Crippen LogP contribution in [0.4, 0.5) is 0 Å². The Labute approximate surface area is 107 Å². The van der Waals surface area contributed by atoms with Crippen LogP contribution in [0.2, 0.25) is 0 Å². The molecule has 1 aliphatic heterocycles. The first-order valence-electron chi connectivity index (χ1n) is 6.17. The molecule has 1 heterocycles. The van der Waals surface area contributed by atoms with E-state index in [-0.39, 0.29) is 18.9 Å². The standard InChI is InChI=1S/C10H16N2O4.C2H6/c1-3-7(9(11)14)12-5-6(4-8(12)13)10(15)16-2;1-2/h6-7H,3-5H2,1-2H3,(H2,11,14);1-2H3. The first-order valence-corrected chi connectivity index (χ1v) is 6.17. The average molecular weight is 258 g/mol. The van der Waals surface area contributed by atoms with Crippen molar-refractivity contribution in [3.63, 3.8) is 0 Å². The number of nitrogens with zero attached hydrogens (tertiary/aromatic N) is 1. The number of hydrogen-bond donors (Lipinski definition) is 1. The average Bonchev–Trinajstić information content (AvgIpc) is 2.74. The molecule has 0 radical (unpaired) electrons. The molecule has 1 aliphatic rings. The predicted molar refractivity (Wildman–Crippen MR) is 66.5 cm³/mol. The van der Waals surface area contributed by atoms with Gasteiger partial charge in [0.2, 0.25) is 11.8 Å². The lowest BCUT2D eigenvalue weighted by molar-refractivity contribution is -0.145. The Kier molecular flexibility index (Phi) is 7.00. The Bertz CT molecular complexity index is 317. The summed E-state index contributed by atoms with van der Waals surface area (Å²) in [6.45, 7) is 5.99. The summed E-state index contributed by atoms with van der Waals surface area (Å²) in [5.41, 5.74) is 5.19. The molecule has 1 saturated heterocycles. The highest BCUT2D eigenvalue weighted by Crippen LogP contribution is 2.22. The molecular weight excluding hydrogens is 236 g/mol. The topological polar surface area (TPSA) is 89.7 Å². The summed E-state index contributed by atoms with van der Waals surface area (Å²) in [6, 6.07) is -0.623. The summed E-state index contributed by atoms with van der Waals surface area (Å²) < 4.78 is 4.57. The van der Waals surface area contributed by atoms with E-state index in [2.05, 4.69) is 4.74 Å². The van der Waals surface area contributed by atoms with Gasteiger partial charge in [-0.05, 0) is 6.42 Å². The molecule has 0 spiro atoms. The van der Waals surface area contributed by atoms with Gasteiger partial charge in [-0.1, -0.05) is 20.8 Å². The third-order valence-corrected chi connectivity index (χ3v) is 2.78. The van der Waals surface area contributed by atoms with E-state index in [0.29, 0.717) is 6.42 Å². The Balaban J connectivity index is 0.00000137. The number of rotatable bonds is 4. The summed E-state index contributed by atoms with van der Waals surface area (Å²) in [5, 5.41) is 0. The fraction of sp³-hybridized carbons (Fsp3) is 0.750. The van der Waals surface area contributed by atoms with Gasteiger partial charge in [-0.15, -0.1) is 0 Å². The van der Waals surface area contributed by atoms with Crippen molar-refractivity contribution in [2.75, 3.05) is 13.7 Å². The van der Waals surface area contributed by atoms with Crippen molar-refractivity contribution in [1.29, 1.82) is 0 Å². The van der Waals surface area contributed by atoms with Crippen molar-refractivity contribution in [3.8, 4) is 0 Å². The van der Waals surface area contributed by atoms with Gasteiger partial charge in [0.05, 0.1) is 13.0 Å². The molecule has 0 aromatic rings. The minimum Gasteiger partial charge on any atom is -0.469 e. The largest absolute Gasteiger partial charge is 0.469 e. The molecule has 2 unspecified atom stereocenters. The molecule has 104 valence electrons. The zero-order valence-corrected chi connectivity index (χ0v) is 11.4. The van der Waals surface area contributed by atoms with E-state index < -0.39 is 23.8 Å². The second-order valence-corrected chi connectivity index (χ2v) is 3.80. The van der Waals surface area contributed by atoms with Crippen LogP contribution in [0.5, 0.6) is 0 Å². The first kappa shape index (κ1) is 16.4. The number of ether oxygens (including phenoxy) is 1. The fourth-order valence-corrected chi connectivity index (χ4v) is 1.93. The van der Waals surface area contributed by atoms with E-state index >= 15 is 0 Å². The van der Waals surface area contributed by atoms with Crippen LogP contribution in [-0.2, 0) is 19.1 Å². The second kappa shape index (κ2) is 7.68. The van der Waals surface area contributed by atoms with E-state index in [9.17, 15) is 14.4 Å². The molecular formula is C12H22N2O4. The molecule has 0 aliphatic carbocycles. The van der Waals surface area contributed by atoms with Crippen LogP contribution in [0, 0.1) is 5.92 Å². The third kappa shape index (κ3) is 3.72. The maximum atomic E-state index is 11.6. The third-order valence-electron chi connectivity index (χ3n) is 2.78. The molecule has 0 bridgehead atoms. The number of methoxy groups -OCH3 is 1. The molecule has 0 aromatic carbocycles. The molecule has 6 heteroatoms. The highest BCUT2D eigenvalue weighted by molar-refractivity contribution is 5.91. The minimum absolute atomic E-state index is 0.0937. The Hall–Kier alpha value is -1.59.